The molecule has 9 heteroatoms. The van der Waals surface area contributed by atoms with Crippen molar-refractivity contribution in [1.29, 1.82) is 0 Å². The number of carbonyl (C=O) groups is 1. The van der Waals surface area contributed by atoms with Crippen LogP contribution in [0.3, 0.4) is 0 Å². The maximum absolute atomic E-state index is 12.6. The molecule has 156 valence electrons. The monoisotopic (exact) mass is 404 g/mol. The Kier molecular flexibility index (Phi) is 6.86. The van der Waals surface area contributed by atoms with Crippen LogP contribution >= 0.6 is 0 Å². The van der Waals surface area contributed by atoms with Gasteiger partial charge < -0.3 is 24.4 Å². The highest BCUT2D eigenvalue weighted by molar-refractivity contribution is 5.84. The van der Waals surface area contributed by atoms with Crippen molar-refractivity contribution in [2.45, 2.75) is 18.6 Å². The van der Waals surface area contributed by atoms with E-state index in [-0.39, 0.29) is 43.7 Å². The number of carboxylic acids is 1. The molecule has 2 N–H and O–H groups in total. The number of aliphatic carboxylic acids is 1. The minimum atomic E-state index is -1.20. The third kappa shape index (κ3) is 4.94. The van der Waals surface area contributed by atoms with Crippen molar-refractivity contribution in [3.05, 3.63) is 64.3 Å². The maximum Gasteiger partial charge on any atom is 0.370 e. The van der Waals surface area contributed by atoms with Gasteiger partial charge in [-0.3, -0.25) is 9.48 Å². The van der Waals surface area contributed by atoms with Gasteiger partial charge in [0.1, 0.15) is 0 Å². The fourth-order valence-electron chi connectivity index (χ4n) is 3.28. The summed E-state index contributed by atoms with van der Waals surface area (Å²) in [5.74, 6) is -1.80. The Labute approximate surface area is 167 Å². The van der Waals surface area contributed by atoms with E-state index in [0.29, 0.717) is 12.1 Å². The molecule has 0 saturated heterocycles. The van der Waals surface area contributed by atoms with Crippen molar-refractivity contribution in [3.8, 4) is 5.69 Å². The summed E-state index contributed by atoms with van der Waals surface area (Å²) in [5, 5.41) is 18.1. The predicted octanol–water partition coefficient (Wildman–Crippen LogP) is 1.000. The van der Waals surface area contributed by atoms with Crippen molar-refractivity contribution in [2.75, 3.05) is 26.4 Å². The van der Waals surface area contributed by atoms with Crippen LogP contribution in [0.4, 0.5) is 0 Å². The van der Waals surface area contributed by atoms with Crippen LogP contribution in [-0.4, -0.2) is 58.3 Å². The summed E-state index contributed by atoms with van der Waals surface area (Å²) in [6, 6.07) is 10.7. The zero-order valence-corrected chi connectivity index (χ0v) is 16.1. The lowest BCUT2D eigenvalue weighted by molar-refractivity contribution is -0.160. The number of carboxylic acid groups (broad SMARTS) is 1. The number of benzene rings is 1. The summed E-state index contributed by atoms with van der Waals surface area (Å²) in [4.78, 5) is 24.1. The molecular weight excluding hydrogens is 380 g/mol. The number of aromatic nitrogens is 2. The number of hydrogen-bond donors (Lipinski definition) is 2. The standard InChI is InChI=1S/C20H24N2O7/c1-21-16(13-18(24)22(21)15-5-3-2-4-6-15)14-11-17(20(25)26)29-19(12-14)28-10-9-27-8-7-23/h2-6,11,13-14,19,23H,7-10,12H2,1H3,(H,25,26)/t14-,19+/m1/s1. The lowest BCUT2D eigenvalue weighted by atomic mass is 9.98. The summed E-state index contributed by atoms with van der Waals surface area (Å²) in [6.07, 6.45) is 1.06. The second-order valence-corrected chi connectivity index (χ2v) is 6.51. The number of aliphatic hydroxyl groups is 1. The molecule has 2 heterocycles. The molecule has 2 aromatic rings. The molecule has 29 heavy (non-hydrogen) atoms. The van der Waals surface area contributed by atoms with Gasteiger partial charge in [0.15, 0.2) is 0 Å². The van der Waals surface area contributed by atoms with E-state index in [9.17, 15) is 14.7 Å². The predicted molar refractivity (Wildman–Crippen MR) is 103 cm³/mol. The first-order chi connectivity index (χ1) is 14.0. The first kappa shape index (κ1) is 20.8. The van der Waals surface area contributed by atoms with Gasteiger partial charge in [0, 0.05) is 31.1 Å². The van der Waals surface area contributed by atoms with E-state index in [1.165, 1.54) is 16.8 Å². The zero-order chi connectivity index (χ0) is 20.8. The lowest BCUT2D eigenvalue weighted by Gasteiger charge is -2.28. The van der Waals surface area contributed by atoms with Gasteiger partial charge in [0.2, 0.25) is 12.0 Å². The van der Waals surface area contributed by atoms with Gasteiger partial charge >= 0.3 is 5.97 Å². The number of ether oxygens (including phenoxy) is 3. The fourth-order valence-corrected chi connectivity index (χ4v) is 3.28. The molecular formula is C20H24N2O7. The molecule has 1 aliphatic heterocycles. The molecule has 0 spiro atoms. The molecule has 2 atom stereocenters. The number of allylic oxidation sites excluding steroid dienone is 1. The number of hydrogen-bond acceptors (Lipinski definition) is 6. The van der Waals surface area contributed by atoms with E-state index < -0.39 is 12.3 Å². The van der Waals surface area contributed by atoms with Gasteiger partial charge in [-0.25, -0.2) is 9.48 Å². The topological polar surface area (TPSA) is 112 Å². The molecule has 1 aromatic heterocycles. The van der Waals surface area contributed by atoms with Gasteiger partial charge in [0.05, 0.1) is 32.1 Å². The molecule has 0 bridgehead atoms. The SMILES string of the molecule is Cn1c([C@@H]2C=C(C(=O)O)O[C@H](OCCOCCO)C2)cc(=O)n1-c1ccccc1. The van der Waals surface area contributed by atoms with Gasteiger partial charge in [-0.15, -0.1) is 0 Å². The summed E-state index contributed by atoms with van der Waals surface area (Å²) in [7, 11) is 1.76. The summed E-state index contributed by atoms with van der Waals surface area (Å²) in [5.41, 5.74) is 1.17. The fraction of sp³-hybridized carbons (Fsp3) is 0.400. The summed E-state index contributed by atoms with van der Waals surface area (Å²) >= 11 is 0. The van der Waals surface area contributed by atoms with E-state index in [0.717, 1.165) is 5.69 Å². The molecule has 3 rings (SSSR count). The summed E-state index contributed by atoms with van der Waals surface area (Å²) in [6.45, 7) is 0.557. The largest absolute Gasteiger partial charge is 0.475 e. The Bertz CT molecular complexity index is 917. The maximum atomic E-state index is 12.6. The normalized spacial score (nSPS) is 18.9. The van der Waals surface area contributed by atoms with E-state index in [4.69, 9.17) is 19.3 Å². The second-order valence-electron chi connectivity index (χ2n) is 6.51. The Morgan fingerprint density at radius 3 is 2.69 bits per heavy atom. The first-order valence-electron chi connectivity index (χ1n) is 9.27. The van der Waals surface area contributed by atoms with Crippen LogP contribution in [0.15, 0.2) is 53.0 Å². The van der Waals surface area contributed by atoms with Crippen LogP contribution < -0.4 is 5.56 Å². The highest BCUT2D eigenvalue weighted by atomic mass is 16.7. The van der Waals surface area contributed by atoms with Crippen molar-refractivity contribution in [1.82, 2.24) is 9.36 Å². The van der Waals surface area contributed by atoms with Crippen molar-refractivity contribution >= 4 is 5.97 Å². The summed E-state index contributed by atoms with van der Waals surface area (Å²) < 4.78 is 19.4. The van der Waals surface area contributed by atoms with Crippen LogP contribution in [0.5, 0.6) is 0 Å². The third-order valence-electron chi connectivity index (χ3n) is 4.57. The quantitative estimate of drug-likeness (QED) is 0.600. The van der Waals surface area contributed by atoms with Crippen LogP contribution in [0, 0.1) is 0 Å². The van der Waals surface area contributed by atoms with Gasteiger partial charge in [-0.2, -0.15) is 0 Å². The van der Waals surface area contributed by atoms with Crippen molar-refractivity contribution < 1.29 is 29.2 Å². The van der Waals surface area contributed by atoms with Gasteiger partial charge in [-0.05, 0) is 18.2 Å². The molecule has 0 unspecified atom stereocenters. The Morgan fingerprint density at radius 2 is 2.00 bits per heavy atom. The highest BCUT2D eigenvalue weighted by Gasteiger charge is 2.30. The Balaban J connectivity index is 1.82. The lowest BCUT2D eigenvalue weighted by Crippen LogP contribution is -2.29. The average Bonchev–Trinajstić information content (AvgIpc) is 3.02. The molecule has 0 amide bonds. The smallest absolute Gasteiger partial charge is 0.370 e. The van der Waals surface area contributed by atoms with Crippen molar-refractivity contribution in [3.63, 3.8) is 0 Å². The molecule has 0 radical (unpaired) electrons. The van der Waals surface area contributed by atoms with E-state index >= 15 is 0 Å². The van der Waals surface area contributed by atoms with Gasteiger partial charge in [-0.1, -0.05) is 18.2 Å². The molecule has 1 aliphatic rings. The van der Waals surface area contributed by atoms with E-state index in [2.05, 4.69) is 0 Å². The minimum Gasteiger partial charge on any atom is -0.475 e. The molecule has 9 nitrogen and oxygen atoms in total. The zero-order valence-electron chi connectivity index (χ0n) is 16.1. The van der Waals surface area contributed by atoms with Crippen LogP contribution in [0.2, 0.25) is 0 Å². The Morgan fingerprint density at radius 1 is 1.24 bits per heavy atom. The number of aliphatic hydroxyl groups excluding tert-OH is 1. The second kappa shape index (κ2) is 9.55. The average molecular weight is 404 g/mol. The highest BCUT2D eigenvalue weighted by Crippen LogP contribution is 2.31. The minimum absolute atomic E-state index is 0.0830. The molecule has 0 aliphatic carbocycles. The van der Waals surface area contributed by atoms with Crippen LogP contribution in [-0.2, 0) is 26.1 Å². The van der Waals surface area contributed by atoms with E-state index in [1.54, 1.807) is 11.7 Å². The molecule has 0 fully saturated rings. The Hall–Kier alpha value is -2.88. The molecule has 0 saturated carbocycles. The van der Waals surface area contributed by atoms with E-state index in [1.807, 2.05) is 30.3 Å². The van der Waals surface area contributed by atoms with Crippen LogP contribution in [0.1, 0.15) is 18.0 Å². The van der Waals surface area contributed by atoms with Gasteiger partial charge in [0.25, 0.3) is 5.56 Å². The number of para-hydroxylation sites is 1. The van der Waals surface area contributed by atoms with Crippen molar-refractivity contribution in [2.24, 2.45) is 7.05 Å². The number of rotatable bonds is 9. The van der Waals surface area contributed by atoms with Crippen LogP contribution in [0.25, 0.3) is 5.69 Å². The number of nitrogens with zero attached hydrogens (tertiary/aromatic N) is 2. The molecule has 1 aromatic carbocycles. The third-order valence-corrected chi connectivity index (χ3v) is 4.57. The first-order valence-corrected chi connectivity index (χ1v) is 9.27.